The first-order valence-electron chi connectivity index (χ1n) is 9.47. The Bertz CT molecular complexity index is 965. The second-order valence-electron chi connectivity index (χ2n) is 6.81. The van der Waals surface area contributed by atoms with Crippen LogP contribution in [0.3, 0.4) is 0 Å². The zero-order valence-corrected chi connectivity index (χ0v) is 16.0. The normalized spacial score (nSPS) is 15.0. The lowest BCUT2D eigenvalue weighted by Crippen LogP contribution is -2.23. The number of nitrogens with zero attached hydrogens (tertiary/aromatic N) is 2. The number of amides is 1. The highest BCUT2D eigenvalue weighted by molar-refractivity contribution is 5.94. The first-order chi connectivity index (χ1) is 13.6. The minimum Gasteiger partial charge on any atom is -0.494 e. The van der Waals surface area contributed by atoms with Crippen molar-refractivity contribution in [2.24, 2.45) is 0 Å². The van der Waals surface area contributed by atoms with Gasteiger partial charge in [-0.2, -0.15) is 5.10 Å². The van der Waals surface area contributed by atoms with Gasteiger partial charge in [0, 0.05) is 42.0 Å². The van der Waals surface area contributed by atoms with Gasteiger partial charge in [0.25, 0.3) is 5.91 Å². The summed E-state index contributed by atoms with van der Waals surface area (Å²) in [5.74, 6) is 1.54. The molecule has 1 amide bonds. The first kappa shape index (κ1) is 18.1. The number of hydrogen-bond acceptors (Lipinski definition) is 4. The van der Waals surface area contributed by atoms with Gasteiger partial charge < -0.3 is 14.8 Å². The number of ether oxygens (including phenoxy) is 2. The third kappa shape index (κ3) is 3.71. The number of benzene rings is 2. The largest absolute Gasteiger partial charge is 0.494 e. The highest BCUT2D eigenvalue weighted by Crippen LogP contribution is 2.35. The van der Waals surface area contributed by atoms with Gasteiger partial charge in [-0.1, -0.05) is 0 Å². The molecule has 28 heavy (non-hydrogen) atoms. The van der Waals surface area contributed by atoms with Crippen LogP contribution < -0.4 is 14.8 Å². The second kappa shape index (κ2) is 7.76. The van der Waals surface area contributed by atoms with Gasteiger partial charge in [0.1, 0.15) is 17.6 Å². The molecule has 144 valence electrons. The van der Waals surface area contributed by atoms with Crippen LogP contribution in [0.2, 0.25) is 0 Å². The average Bonchev–Trinajstić information content (AvgIpc) is 3.35. The molecule has 1 N–H and O–H groups in total. The molecule has 1 aromatic heterocycles. The molecular formula is C22H23N3O3. The Hall–Kier alpha value is -3.28. The van der Waals surface area contributed by atoms with Gasteiger partial charge in [0.05, 0.1) is 12.3 Å². The van der Waals surface area contributed by atoms with Crippen molar-refractivity contribution in [2.75, 3.05) is 6.61 Å². The maximum atomic E-state index is 12.6. The maximum absolute atomic E-state index is 12.6. The highest BCUT2D eigenvalue weighted by atomic mass is 16.5. The molecule has 2 heterocycles. The summed E-state index contributed by atoms with van der Waals surface area (Å²) in [6.07, 6.45) is 4.63. The van der Waals surface area contributed by atoms with Crippen LogP contribution in [-0.4, -0.2) is 28.4 Å². The van der Waals surface area contributed by atoms with Crippen molar-refractivity contribution >= 4 is 5.91 Å². The average molecular weight is 377 g/mol. The molecule has 0 saturated carbocycles. The van der Waals surface area contributed by atoms with E-state index in [0.717, 1.165) is 34.7 Å². The van der Waals surface area contributed by atoms with E-state index in [0.29, 0.717) is 18.7 Å². The fourth-order valence-electron chi connectivity index (χ4n) is 3.37. The molecule has 6 nitrogen and oxygen atoms in total. The lowest BCUT2D eigenvalue weighted by molar-refractivity contribution is 0.0950. The van der Waals surface area contributed by atoms with E-state index in [1.807, 2.05) is 43.5 Å². The second-order valence-corrected chi connectivity index (χ2v) is 6.81. The number of nitrogens with one attached hydrogen (secondary N) is 1. The minimum absolute atomic E-state index is 0.135. The van der Waals surface area contributed by atoms with Gasteiger partial charge >= 0.3 is 0 Å². The zero-order valence-electron chi connectivity index (χ0n) is 16.0. The molecule has 0 fully saturated rings. The Labute approximate surface area is 164 Å². The van der Waals surface area contributed by atoms with E-state index in [-0.39, 0.29) is 12.0 Å². The van der Waals surface area contributed by atoms with Gasteiger partial charge in [0.15, 0.2) is 0 Å². The van der Waals surface area contributed by atoms with E-state index in [1.54, 1.807) is 23.0 Å². The maximum Gasteiger partial charge on any atom is 0.251 e. The van der Waals surface area contributed by atoms with E-state index in [4.69, 9.17) is 9.47 Å². The van der Waals surface area contributed by atoms with Crippen molar-refractivity contribution in [3.63, 3.8) is 0 Å². The summed E-state index contributed by atoms with van der Waals surface area (Å²) in [5.41, 5.74) is 3.57. The predicted octanol–water partition coefficient (Wildman–Crippen LogP) is 3.52. The first-order valence-corrected chi connectivity index (χ1v) is 9.47. The highest BCUT2D eigenvalue weighted by Gasteiger charge is 2.22. The molecular weight excluding hydrogens is 354 g/mol. The summed E-state index contributed by atoms with van der Waals surface area (Å²) in [5, 5.41) is 7.16. The molecule has 3 aromatic rings. The van der Waals surface area contributed by atoms with Crippen LogP contribution in [0, 0.1) is 0 Å². The van der Waals surface area contributed by atoms with Crippen molar-refractivity contribution in [1.82, 2.24) is 15.1 Å². The van der Waals surface area contributed by atoms with Crippen molar-refractivity contribution in [3.05, 3.63) is 71.5 Å². The van der Waals surface area contributed by atoms with E-state index in [9.17, 15) is 4.79 Å². The molecule has 0 bridgehead atoms. The molecule has 0 spiro atoms. The van der Waals surface area contributed by atoms with Crippen LogP contribution in [0.1, 0.15) is 35.3 Å². The molecule has 4 rings (SSSR count). The molecule has 1 atom stereocenters. The van der Waals surface area contributed by atoms with Crippen LogP contribution >= 0.6 is 0 Å². The summed E-state index contributed by atoms with van der Waals surface area (Å²) in [6.45, 7) is 4.95. The van der Waals surface area contributed by atoms with Crippen molar-refractivity contribution in [3.8, 4) is 17.2 Å². The molecule has 2 aromatic carbocycles. The van der Waals surface area contributed by atoms with E-state index in [2.05, 4.69) is 17.3 Å². The summed E-state index contributed by atoms with van der Waals surface area (Å²) >= 11 is 0. The molecule has 0 unspecified atom stereocenters. The van der Waals surface area contributed by atoms with E-state index >= 15 is 0 Å². The standard InChI is InChI=1S/C22H23N3O3/c1-3-27-20-12-17-11-15(2)28-21(17)13-18(20)14-23-22(26)16-5-7-19(8-6-16)25-10-4-9-24-25/h4-10,12-13,15H,3,11,14H2,1-2H3,(H,23,26)/t15-/m1/s1. The van der Waals surface area contributed by atoms with Crippen LogP contribution in [0.25, 0.3) is 5.69 Å². The number of fused-ring (bicyclic) bond motifs is 1. The summed E-state index contributed by atoms with van der Waals surface area (Å²) < 4.78 is 13.4. The van der Waals surface area contributed by atoms with E-state index < -0.39 is 0 Å². The van der Waals surface area contributed by atoms with Crippen molar-refractivity contribution in [1.29, 1.82) is 0 Å². The Morgan fingerprint density at radius 2 is 2.14 bits per heavy atom. The molecule has 0 radical (unpaired) electrons. The van der Waals surface area contributed by atoms with Gasteiger partial charge in [-0.25, -0.2) is 4.68 Å². The number of aromatic nitrogens is 2. The van der Waals surface area contributed by atoms with Crippen LogP contribution in [0.15, 0.2) is 54.9 Å². The van der Waals surface area contributed by atoms with Crippen LogP contribution in [0.5, 0.6) is 11.5 Å². The van der Waals surface area contributed by atoms with Crippen LogP contribution in [-0.2, 0) is 13.0 Å². The molecule has 1 aliphatic heterocycles. The lowest BCUT2D eigenvalue weighted by atomic mass is 10.1. The van der Waals surface area contributed by atoms with Crippen molar-refractivity contribution < 1.29 is 14.3 Å². The molecule has 6 heteroatoms. The van der Waals surface area contributed by atoms with Gasteiger partial charge in [-0.15, -0.1) is 0 Å². The van der Waals surface area contributed by atoms with Crippen molar-refractivity contribution in [2.45, 2.75) is 32.9 Å². The summed E-state index contributed by atoms with van der Waals surface area (Å²) in [4.78, 5) is 12.6. The fraction of sp³-hybridized carbons (Fsp3) is 0.273. The smallest absolute Gasteiger partial charge is 0.251 e. The minimum atomic E-state index is -0.135. The monoisotopic (exact) mass is 377 g/mol. The van der Waals surface area contributed by atoms with Crippen LogP contribution in [0.4, 0.5) is 0 Å². The number of hydrogen-bond donors (Lipinski definition) is 1. The summed E-state index contributed by atoms with van der Waals surface area (Å²) in [7, 11) is 0. The predicted molar refractivity (Wildman–Crippen MR) is 106 cm³/mol. The topological polar surface area (TPSA) is 65.4 Å². The Balaban J connectivity index is 1.46. The third-order valence-electron chi connectivity index (χ3n) is 4.72. The Kier molecular flexibility index (Phi) is 5.02. The molecule has 0 saturated heterocycles. The zero-order chi connectivity index (χ0) is 19.5. The Morgan fingerprint density at radius 1 is 1.32 bits per heavy atom. The number of rotatable bonds is 6. The lowest BCUT2D eigenvalue weighted by Gasteiger charge is -2.13. The molecule has 0 aliphatic carbocycles. The molecule has 1 aliphatic rings. The SMILES string of the molecule is CCOc1cc2c(cc1CNC(=O)c1ccc(-n3cccn3)cc1)O[C@H](C)C2. The van der Waals surface area contributed by atoms with Gasteiger partial charge in [-0.05, 0) is 56.3 Å². The number of carbonyl (C=O) groups excluding carboxylic acids is 1. The Morgan fingerprint density at radius 3 is 2.86 bits per heavy atom. The summed E-state index contributed by atoms with van der Waals surface area (Å²) in [6, 6.07) is 13.2. The number of carbonyl (C=O) groups is 1. The van der Waals surface area contributed by atoms with Gasteiger partial charge in [-0.3, -0.25) is 4.79 Å². The van der Waals surface area contributed by atoms with E-state index in [1.165, 1.54) is 0 Å². The quantitative estimate of drug-likeness (QED) is 0.714. The third-order valence-corrected chi connectivity index (χ3v) is 4.72. The van der Waals surface area contributed by atoms with Gasteiger partial charge in [0.2, 0.25) is 0 Å². The fourth-order valence-corrected chi connectivity index (χ4v) is 3.37.